The highest BCUT2D eigenvalue weighted by molar-refractivity contribution is 6.06. The fourth-order valence-electron chi connectivity index (χ4n) is 3.23. The molecule has 2 aromatic heterocycles. The molecule has 0 aliphatic carbocycles. The zero-order valence-corrected chi connectivity index (χ0v) is 18.0. The predicted molar refractivity (Wildman–Crippen MR) is 120 cm³/mol. The average Bonchev–Trinajstić information content (AvgIpc) is 3.50. The molecule has 0 aliphatic rings. The van der Waals surface area contributed by atoms with Crippen molar-refractivity contribution >= 4 is 11.9 Å². The molecule has 32 heavy (non-hydrogen) atoms. The molecule has 0 radical (unpaired) electrons. The van der Waals surface area contributed by atoms with E-state index in [2.05, 4.69) is 31.7 Å². The van der Waals surface area contributed by atoms with Crippen LogP contribution in [-0.2, 0) is 17.9 Å². The first-order valence-corrected chi connectivity index (χ1v) is 10.3. The van der Waals surface area contributed by atoms with E-state index in [9.17, 15) is 4.79 Å². The van der Waals surface area contributed by atoms with Crippen molar-refractivity contribution in [3.63, 3.8) is 0 Å². The highest BCUT2D eigenvalue weighted by Crippen LogP contribution is 2.15. The number of aromatic amines is 1. The quantitative estimate of drug-likeness (QED) is 0.406. The summed E-state index contributed by atoms with van der Waals surface area (Å²) in [5, 5.41) is 13.9. The van der Waals surface area contributed by atoms with E-state index in [1.54, 1.807) is 6.20 Å². The number of ketones is 1. The number of nitrogens with one attached hydrogen (secondary N) is 1. The summed E-state index contributed by atoms with van der Waals surface area (Å²) in [7, 11) is 0. The molecule has 0 spiro atoms. The number of imidazole rings is 1. The number of aryl methyl sites for hydroxylation is 1. The van der Waals surface area contributed by atoms with Gasteiger partial charge in [0.1, 0.15) is 6.10 Å². The van der Waals surface area contributed by atoms with Crippen LogP contribution in [0.1, 0.15) is 51.7 Å². The Labute approximate surface area is 186 Å². The van der Waals surface area contributed by atoms with E-state index >= 15 is 0 Å². The van der Waals surface area contributed by atoms with Gasteiger partial charge in [0.2, 0.25) is 11.6 Å². The van der Waals surface area contributed by atoms with Gasteiger partial charge in [0.05, 0.1) is 6.61 Å². The number of carbonyl (C=O) groups excluding carboxylic acids is 1. The molecular formula is C24H24N6O2. The number of hydrogen-bond acceptors (Lipinski definition) is 6. The molecule has 162 valence electrons. The van der Waals surface area contributed by atoms with Crippen LogP contribution in [0.5, 0.6) is 0 Å². The van der Waals surface area contributed by atoms with Gasteiger partial charge in [0.25, 0.3) is 0 Å². The maximum absolute atomic E-state index is 12.8. The number of carbonyl (C=O) groups is 1. The average molecular weight is 428 g/mol. The molecule has 0 amide bonds. The van der Waals surface area contributed by atoms with Crippen molar-refractivity contribution in [1.82, 2.24) is 30.2 Å². The largest absolute Gasteiger partial charge is 0.366 e. The normalized spacial score (nSPS) is 12.3. The van der Waals surface area contributed by atoms with E-state index in [0.29, 0.717) is 30.4 Å². The molecule has 4 rings (SSSR count). The number of hydrogen-bond donors (Lipinski definition) is 1. The molecule has 4 aromatic rings. The Balaban J connectivity index is 1.38. The van der Waals surface area contributed by atoms with Crippen LogP contribution in [-0.4, -0.2) is 36.0 Å². The van der Waals surface area contributed by atoms with Crippen LogP contribution in [0.3, 0.4) is 0 Å². The van der Waals surface area contributed by atoms with Gasteiger partial charge in [-0.15, -0.1) is 10.2 Å². The summed E-state index contributed by atoms with van der Waals surface area (Å²) in [4.78, 5) is 17.1. The van der Waals surface area contributed by atoms with Gasteiger partial charge in [-0.2, -0.15) is 5.21 Å². The first kappa shape index (κ1) is 21.3. The van der Waals surface area contributed by atoms with E-state index in [1.807, 2.05) is 79.2 Å². The minimum Gasteiger partial charge on any atom is -0.366 e. The summed E-state index contributed by atoms with van der Waals surface area (Å²) >= 11 is 0. The topological polar surface area (TPSA) is 98.6 Å². The Morgan fingerprint density at radius 1 is 1.22 bits per heavy atom. The zero-order chi connectivity index (χ0) is 22.3. The second-order valence-electron chi connectivity index (χ2n) is 7.47. The van der Waals surface area contributed by atoms with E-state index in [1.165, 1.54) is 0 Å². The third kappa shape index (κ3) is 5.22. The lowest BCUT2D eigenvalue weighted by Gasteiger charge is -2.09. The third-order valence-electron chi connectivity index (χ3n) is 5.02. The van der Waals surface area contributed by atoms with Crippen molar-refractivity contribution in [1.29, 1.82) is 0 Å². The molecule has 2 aromatic carbocycles. The molecule has 8 heteroatoms. The van der Waals surface area contributed by atoms with Gasteiger partial charge < -0.3 is 9.30 Å². The van der Waals surface area contributed by atoms with Crippen molar-refractivity contribution in [3.05, 3.63) is 101 Å². The maximum Gasteiger partial charge on any atom is 0.228 e. The number of benzene rings is 2. The standard InChI is InChI=1S/C24H24N6O2/c1-17-8-10-21(11-9-17)22(31)24-25-12-14-30(24)13-4-7-19-5-3-6-20(15-19)16-32-18(2)23-26-28-29-27-23/h3-12,14-15,18H,13,16H2,1-2H3,(H,26,27,28,29)/b7-4+/t18-/m1/s1. The Morgan fingerprint density at radius 2 is 2.06 bits per heavy atom. The van der Waals surface area contributed by atoms with Gasteiger partial charge in [-0.25, -0.2) is 4.98 Å². The summed E-state index contributed by atoms with van der Waals surface area (Å²) < 4.78 is 7.67. The Hall–Kier alpha value is -3.91. The molecule has 0 unspecified atom stereocenters. The van der Waals surface area contributed by atoms with Gasteiger partial charge in [0.15, 0.2) is 5.82 Å². The Morgan fingerprint density at radius 3 is 2.84 bits per heavy atom. The molecule has 0 saturated carbocycles. The monoisotopic (exact) mass is 428 g/mol. The summed E-state index contributed by atoms with van der Waals surface area (Å²) in [6.45, 7) is 4.86. The summed E-state index contributed by atoms with van der Waals surface area (Å²) in [5.74, 6) is 0.867. The number of H-pyrrole nitrogens is 1. The molecule has 0 saturated heterocycles. The van der Waals surface area contributed by atoms with Crippen molar-refractivity contribution in [3.8, 4) is 0 Å². The lowest BCUT2D eigenvalue weighted by atomic mass is 10.1. The minimum atomic E-state index is -0.251. The first-order chi connectivity index (χ1) is 15.6. The Kier molecular flexibility index (Phi) is 6.62. The maximum atomic E-state index is 12.8. The zero-order valence-electron chi connectivity index (χ0n) is 18.0. The highest BCUT2D eigenvalue weighted by atomic mass is 16.5. The van der Waals surface area contributed by atoms with Crippen molar-refractivity contribution in [2.75, 3.05) is 0 Å². The number of allylic oxidation sites excluding steroid dienone is 1. The SMILES string of the molecule is Cc1ccc(C(=O)c2nccn2C/C=C/c2cccc(CO[C@H](C)c3nn[nH]n3)c2)cc1. The summed E-state index contributed by atoms with van der Waals surface area (Å²) in [5.41, 5.74) is 3.84. The van der Waals surface area contributed by atoms with Crippen LogP contribution in [0, 0.1) is 6.92 Å². The molecule has 0 fully saturated rings. The minimum absolute atomic E-state index is 0.0849. The van der Waals surface area contributed by atoms with E-state index in [0.717, 1.165) is 16.7 Å². The lowest BCUT2D eigenvalue weighted by Crippen LogP contribution is -2.10. The van der Waals surface area contributed by atoms with Crippen LogP contribution < -0.4 is 0 Å². The van der Waals surface area contributed by atoms with Crippen LogP contribution in [0.4, 0.5) is 0 Å². The number of aromatic nitrogens is 6. The number of nitrogens with zero attached hydrogens (tertiary/aromatic N) is 5. The van der Waals surface area contributed by atoms with Gasteiger partial charge in [0, 0.05) is 24.5 Å². The second kappa shape index (κ2) is 9.93. The third-order valence-corrected chi connectivity index (χ3v) is 5.02. The van der Waals surface area contributed by atoms with Crippen LogP contribution in [0.15, 0.2) is 67.0 Å². The Bertz CT molecular complexity index is 1200. The van der Waals surface area contributed by atoms with E-state index in [-0.39, 0.29) is 11.9 Å². The molecule has 8 nitrogen and oxygen atoms in total. The first-order valence-electron chi connectivity index (χ1n) is 10.3. The van der Waals surface area contributed by atoms with Gasteiger partial charge >= 0.3 is 0 Å². The van der Waals surface area contributed by atoms with Crippen molar-refractivity contribution in [2.24, 2.45) is 0 Å². The van der Waals surface area contributed by atoms with E-state index in [4.69, 9.17) is 4.74 Å². The number of ether oxygens (including phenoxy) is 1. The second-order valence-corrected chi connectivity index (χ2v) is 7.47. The van der Waals surface area contributed by atoms with Crippen LogP contribution in [0.25, 0.3) is 6.08 Å². The highest BCUT2D eigenvalue weighted by Gasteiger charge is 2.14. The van der Waals surface area contributed by atoms with Crippen molar-refractivity contribution < 1.29 is 9.53 Å². The fourth-order valence-corrected chi connectivity index (χ4v) is 3.23. The summed E-state index contributed by atoms with van der Waals surface area (Å²) in [6.07, 6.45) is 7.24. The molecule has 1 atom stereocenters. The van der Waals surface area contributed by atoms with Crippen LogP contribution in [0.2, 0.25) is 0 Å². The van der Waals surface area contributed by atoms with Gasteiger partial charge in [-0.1, -0.05) is 65.4 Å². The lowest BCUT2D eigenvalue weighted by molar-refractivity contribution is 0.0467. The summed E-state index contributed by atoms with van der Waals surface area (Å²) in [6, 6.07) is 15.6. The number of rotatable bonds is 9. The van der Waals surface area contributed by atoms with Gasteiger partial charge in [-0.3, -0.25) is 4.79 Å². The van der Waals surface area contributed by atoms with Crippen LogP contribution >= 0.6 is 0 Å². The molecular weight excluding hydrogens is 404 g/mol. The smallest absolute Gasteiger partial charge is 0.228 e. The fraction of sp³-hybridized carbons (Fsp3) is 0.208. The van der Waals surface area contributed by atoms with E-state index < -0.39 is 0 Å². The molecule has 0 aliphatic heterocycles. The van der Waals surface area contributed by atoms with Gasteiger partial charge in [-0.05, 0) is 31.0 Å². The number of tetrazole rings is 1. The molecule has 2 heterocycles. The molecule has 1 N–H and O–H groups in total. The van der Waals surface area contributed by atoms with Crippen molar-refractivity contribution in [2.45, 2.75) is 33.1 Å². The predicted octanol–water partition coefficient (Wildman–Crippen LogP) is 3.93. The molecule has 0 bridgehead atoms.